The lowest BCUT2D eigenvalue weighted by Crippen LogP contribution is -2.36. The molecule has 1 aliphatic heterocycles. The first-order chi connectivity index (χ1) is 7.84. The number of rotatable bonds is 4. The van der Waals surface area contributed by atoms with Gasteiger partial charge in [0, 0.05) is 37.7 Å². The summed E-state index contributed by atoms with van der Waals surface area (Å²) in [4.78, 5) is 6.68. The maximum Gasteiger partial charge on any atom is 0.128 e. The third kappa shape index (κ3) is 3.57. The number of thioether (sulfide) groups is 1. The number of nitrogens with zero attached hydrogens (tertiary/aromatic N) is 2. The predicted octanol–water partition coefficient (Wildman–Crippen LogP) is 1.12. The van der Waals surface area contributed by atoms with Crippen LogP contribution in [0.2, 0.25) is 0 Å². The molecule has 16 heavy (non-hydrogen) atoms. The van der Waals surface area contributed by atoms with Crippen LogP contribution in [-0.4, -0.2) is 47.6 Å². The number of hydrogen-bond donors (Lipinski definition) is 2. The van der Waals surface area contributed by atoms with Crippen LogP contribution in [0.3, 0.4) is 0 Å². The molecule has 0 amide bonds. The number of nitrogens with one attached hydrogen (secondary N) is 1. The molecule has 0 bridgehead atoms. The molecular weight excluding hydrogens is 220 g/mol. The van der Waals surface area contributed by atoms with Gasteiger partial charge in [-0.25, -0.2) is 4.98 Å². The Labute approximate surface area is 101 Å². The zero-order valence-corrected chi connectivity index (χ0v) is 10.2. The van der Waals surface area contributed by atoms with Crippen LogP contribution in [0.25, 0.3) is 0 Å². The Balaban J connectivity index is 1.71. The van der Waals surface area contributed by atoms with Gasteiger partial charge in [-0.05, 0) is 12.1 Å². The molecule has 1 aliphatic rings. The molecular formula is C11H18N4S. The zero-order chi connectivity index (χ0) is 11.2. The molecule has 4 nitrogen and oxygen atoms in total. The summed E-state index contributed by atoms with van der Waals surface area (Å²) in [7, 11) is 0. The van der Waals surface area contributed by atoms with Crippen LogP contribution in [0.1, 0.15) is 0 Å². The monoisotopic (exact) mass is 238 g/mol. The topological polar surface area (TPSA) is 54.2 Å². The fourth-order valence-corrected chi connectivity index (χ4v) is 2.70. The van der Waals surface area contributed by atoms with E-state index in [0.29, 0.717) is 5.82 Å². The quantitative estimate of drug-likeness (QED) is 0.823. The first-order valence-corrected chi connectivity index (χ1v) is 6.76. The standard InChI is InChI=1S/C11H18N4S/c12-10-2-1-3-11(14-10)13-4-5-15-6-8-16-9-7-15/h1-3H,4-9H2,(H3,12,13,14). The minimum atomic E-state index is 0.569. The van der Waals surface area contributed by atoms with Gasteiger partial charge in [-0.15, -0.1) is 0 Å². The average molecular weight is 238 g/mol. The van der Waals surface area contributed by atoms with Crippen LogP contribution < -0.4 is 11.1 Å². The number of aromatic nitrogens is 1. The second-order valence-electron chi connectivity index (χ2n) is 3.83. The van der Waals surface area contributed by atoms with E-state index in [1.54, 1.807) is 6.07 Å². The Hall–Kier alpha value is -0.940. The smallest absolute Gasteiger partial charge is 0.128 e. The maximum atomic E-state index is 5.61. The summed E-state index contributed by atoms with van der Waals surface area (Å²) in [6, 6.07) is 5.66. The van der Waals surface area contributed by atoms with Crippen molar-refractivity contribution < 1.29 is 0 Å². The Morgan fingerprint density at radius 3 is 2.94 bits per heavy atom. The molecule has 3 N–H and O–H groups in total. The van der Waals surface area contributed by atoms with Crippen LogP contribution in [0, 0.1) is 0 Å². The van der Waals surface area contributed by atoms with Crippen molar-refractivity contribution in [2.24, 2.45) is 0 Å². The first kappa shape index (κ1) is 11.5. The molecule has 0 spiro atoms. The second kappa shape index (κ2) is 5.96. The van der Waals surface area contributed by atoms with Gasteiger partial charge >= 0.3 is 0 Å². The predicted molar refractivity (Wildman–Crippen MR) is 70.9 cm³/mol. The van der Waals surface area contributed by atoms with Gasteiger partial charge in [0.05, 0.1) is 0 Å². The van der Waals surface area contributed by atoms with Crippen molar-refractivity contribution in [3.63, 3.8) is 0 Å². The van der Waals surface area contributed by atoms with Gasteiger partial charge in [-0.1, -0.05) is 6.07 Å². The van der Waals surface area contributed by atoms with E-state index in [0.717, 1.165) is 18.9 Å². The molecule has 0 radical (unpaired) electrons. The summed E-state index contributed by atoms with van der Waals surface area (Å²) < 4.78 is 0. The lowest BCUT2D eigenvalue weighted by Gasteiger charge is -2.26. The van der Waals surface area contributed by atoms with E-state index in [9.17, 15) is 0 Å². The SMILES string of the molecule is Nc1cccc(NCCN2CCSCC2)n1. The molecule has 1 aromatic rings. The van der Waals surface area contributed by atoms with E-state index in [1.165, 1.54) is 24.6 Å². The van der Waals surface area contributed by atoms with Crippen LogP contribution in [0.4, 0.5) is 11.6 Å². The molecule has 1 fully saturated rings. The van der Waals surface area contributed by atoms with Gasteiger partial charge in [0.15, 0.2) is 0 Å². The molecule has 2 rings (SSSR count). The first-order valence-electron chi connectivity index (χ1n) is 5.61. The van der Waals surface area contributed by atoms with E-state index < -0.39 is 0 Å². The number of nitrogen functional groups attached to an aromatic ring is 1. The van der Waals surface area contributed by atoms with Crippen LogP contribution in [-0.2, 0) is 0 Å². The van der Waals surface area contributed by atoms with Crippen molar-refractivity contribution >= 4 is 23.4 Å². The van der Waals surface area contributed by atoms with Crippen LogP contribution in [0.15, 0.2) is 18.2 Å². The number of pyridine rings is 1. The van der Waals surface area contributed by atoms with Gasteiger partial charge in [0.2, 0.25) is 0 Å². The van der Waals surface area contributed by atoms with E-state index in [4.69, 9.17) is 5.73 Å². The summed E-state index contributed by atoms with van der Waals surface area (Å²) in [5.74, 6) is 3.96. The molecule has 5 heteroatoms. The average Bonchev–Trinajstić information content (AvgIpc) is 2.30. The molecule has 0 aliphatic carbocycles. The molecule has 0 atom stereocenters. The highest BCUT2D eigenvalue weighted by atomic mass is 32.2. The van der Waals surface area contributed by atoms with Crippen molar-refractivity contribution in [2.45, 2.75) is 0 Å². The largest absolute Gasteiger partial charge is 0.384 e. The van der Waals surface area contributed by atoms with E-state index in [-0.39, 0.29) is 0 Å². The summed E-state index contributed by atoms with van der Waals surface area (Å²) in [6.45, 7) is 4.42. The van der Waals surface area contributed by atoms with Crippen molar-refractivity contribution in [1.29, 1.82) is 0 Å². The van der Waals surface area contributed by atoms with Gasteiger partial charge in [-0.2, -0.15) is 11.8 Å². The maximum absolute atomic E-state index is 5.61. The van der Waals surface area contributed by atoms with Crippen molar-refractivity contribution in [2.75, 3.05) is 48.7 Å². The Bertz CT molecular complexity index is 326. The molecule has 0 unspecified atom stereocenters. The number of hydrogen-bond acceptors (Lipinski definition) is 5. The highest BCUT2D eigenvalue weighted by Gasteiger charge is 2.09. The lowest BCUT2D eigenvalue weighted by atomic mass is 10.4. The fraction of sp³-hybridized carbons (Fsp3) is 0.545. The third-order valence-corrected chi connectivity index (χ3v) is 3.55. The Morgan fingerprint density at radius 2 is 2.19 bits per heavy atom. The lowest BCUT2D eigenvalue weighted by molar-refractivity contribution is 0.314. The highest BCUT2D eigenvalue weighted by molar-refractivity contribution is 7.99. The number of anilines is 2. The fourth-order valence-electron chi connectivity index (χ4n) is 1.72. The van der Waals surface area contributed by atoms with Crippen molar-refractivity contribution in [3.8, 4) is 0 Å². The molecule has 1 saturated heterocycles. The van der Waals surface area contributed by atoms with Gasteiger partial charge in [-0.3, -0.25) is 4.90 Å². The van der Waals surface area contributed by atoms with Gasteiger partial charge in [0.1, 0.15) is 11.6 Å². The highest BCUT2D eigenvalue weighted by Crippen LogP contribution is 2.09. The van der Waals surface area contributed by atoms with E-state index in [1.807, 2.05) is 23.9 Å². The summed E-state index contributed by atoms with van der Waals surface area (Å²) in [6.07, 6.45) is 0. The van der Waals surface area contributed by atoms with Crippen LogP contribution >= 0.6 is 11.8 Å². The Morgan fingerprint density at radius 1 is 1.38 bits per heavy atom. The molecule has 2 heterocycles. The van der Waals surface area contributed by atoms with Crippen LogP contribution in [0.5, 0.6) is 0 Å². The zero-order valence-electron chi connectivity index (χ0n) is 9.35. The van der Waals surface area contributed by atoms with Gasteiger partial charge in [0.25, 0.3) is 0 Å². The van der Waals surface area contributed by atoms with E-state index in [2.05, 4.69) is 15.2 Å². The number of nitrogens with two attached hydrogens (primary N) is 1. The molecule has 0 aromatic carbocycles. The molecule has 1 aromatic heterocycles. The van der Waals surface area contributed by atoms with Crippen molar-refractivity contribution in [3.05, 3.63) is 18.2 Å². The third-order valence-electron chi connectivity index (χ3n) is 2.61. The minimum Gasteiger partial charge on any atom is -0.384 e. The van der Waals surface area contributed by atoms with E-state index >= 15 is 0 Å². The Kier molecular flexibility index (Phi) is 4.30. The normalized spacial score (nSPS) is 17.2. The summed E-state index contributed by atoms with van der Waals surface area (Å²) in [5.41, 5.74) is 5.61. The second-order valence-corrected chi connectivity index (χ2v) is 5.05. The van der Waals surface area contributed by atoms with Crippen molar-refractivity contribution in [1.82, 2.24) is 9.88 Å². The summed E-state index contributed by atoms with van der Waals surface area (Å²) >= 11 is 2.04. The molecule has 0 saturated carbocycles. The summed E-state index contributed by atoms with van der Waals surface area (Å²) in [5, 5.41) is 3.29. The molecule has 88 valence electrons. The van der Waals surface area contributed by atoms with Gasteiger partial charge < -0.3 is 11.1 Å². The minimum absolute atomic E-state index is 0.569.